The first kappa shape index (κ1) is 23.4. The number of likely N-dealkylation sites (N-methyl/N-ethyl adjacent to an activating group) is 1. The Balaban J connectivity index is 2.73. The van der Waals surface area contributed by atoms with Crippen LogP contribution in [0.25, 0.3) is 0 Å². The molecule has 0 aromatic rings. The largest absolute Gasteiger partial charge is 0.304 e. The van der Waals surface area contributed by atoms with E-state index < -0.39 is 0 Å². The lowest BCUT2D eigenvalue weighted by Gasteiger charge is -2.32. The number of rotatable bonds is 8. The third-order valence-corrected chi connectivity index (χ3v) is 4.76. The van der Waals surface area contributed by atoms with Crippen LogP contribution in [0.15, 0.2) is 36.5 Å². The normalized spacial score (nSPS) is 20.1. The van der Waals surface area contributed by atoms with E-state index in [1.165, 1.54) is 0 Å². The molecule has 152 valence electrons. The zero-order chi connectivity index (χ0) is 20.1. The topological polar surface area (TPSA) is 47.1 Å². The van der Waals surface area contributed by atoms with Gasteiger partial charge >= 0.3 is 0 Å². The molecule has 0 bridgehead atoms. The van der Waals surface area contributed by atoms with Gasteiger partial charge in [0, 0.05) is 58.9 Å². The molecule has 1 heterocycles. The van der Waals surface area contributed by atoms with Crippen molar-refractivity contribution in [1.82, 2.24) is 19.6 Å². The van der Waals surface area contributed by atoms with Gasteiger partial charge < -0.3 is 14.5 Å². The predicted octanol–water partition coefficient (Wildman–Crippen LogP) is 0.924. The van der Waals surface area contributed by atoms with Crippen molar-refractivity contribution in [1.29, 1.82) is 0 Å². The molecule has 27 heavy (non-hydrogen) atoms. The van der Waals surface area contributed by atoms with Crippen LogP contribution >= 0.6 is 0 Å². The minimum Gasteiger partial charge on any atom is -0.304 e. The molecule has 0 unspecified atom stereocenters. The summed E-state index contributed by atoms with van der Waals surface area (Å²) in [5.74, 6) is 0. The summed E-state index contributed by atoms with van der Waals surface area (Å²) in [5, 5.41) is 0. The molecule has 1 rings (SSSR count). The zero-order valence-corrected chi connectivity index (χ0v) is 17.1. The van der Waals surface area contributed by atoms with Gasteiger partial charge in [-0.3, -0.25) is 14.7 Å². The van der Waals surface area contributed by atoms with Crippen molar-refractivity contribution in [3.8, 4) is 0 Å². The highest BCUT2D eigenvalue weighted by molar-refractivity contribution is 5.52. The molecule has 0 atom stereocenters. The third-order valence-electron chi connectivity index (χ3n) is 4.76. The lowest BCUT2D eigenvalue weighted by Crippen LogP contribution is -2.46. The van der Waals surface area contributed by atoms with Crippen LogP contribution in [0.2, 0.25) is 0 Å². The number of nitrogens with zero attached hydrogens (tertiary/aromatic N) is 4. The Morgan fingerprint density at radius 2 is 1.22 bits per heavy atom. The number of aldehydes is 2. The van der Waals surface area contributed by atoms with Gasteiger partial charge in [0.1, 0.15) is 12.6 Å². The molecule has 1 aliphatic rings. The van der Waals surface area contributed by atoms with Crippen LogP contribution in [-0.2, 0) is 9.59 Å². The van der Waals surface area contributed by atoms with Gasteiger partial charge in [0.2, 0.25) is 0 Å². The molecule has 0 spiro atoms. The summed E-state index contributed by atoms with van der Waals surface area (Å²) in [6.07, 6.45) is 5.94. The second kappa shape index (κ2) is 13.6. The molecular formula is C21H36N4O2. The SMILES string of the molecule is C=C(C)/C=C\C(=C)CN1CCN(C)CCN(CC=O)CCN(CC=O)CC1. The average Bonchev–Trinajstić information content (AvgIpc) is 2.62. The molecule has 0 aliphatic carbocycles. The van der Waals surface area contributed by atoms with Crippen LogP contribution in [0, 0.1) is 0 Å². The highest BCUT2D eigenvalue weighted by atomic mass is 16.1. The number of carbonyl (C=O) groups is 2. The van der Waals surface area contributed by atoms with Crippen LogP contribution in [0.5, 0.6) is 0 Å². The van der Waals surface area contributed by atoms with E-state index in [2.05, 4.69) is 39.8 Å². The summed E-state index contributed by atoms with van der Waals surface area (Å²) in [7, 11) is 2.12. The van der Waals surface area contributed by atoms with Gasteiger partial charge in [0.25, 0.3) is 0 Å². The van der Waals surface area contributed by atoms with Crippen LogP contribution < -0.4 is 0 Å². The Labute approximate surface area is 164 Å². The summed E-state index contributed by atoms with van der Waals surface area (Å²) < 4.78 is 0. The second-order valence-corrected chi connectivity index (χ2v) is 7.35. The first-order valence-electron chi connectivity index (χ1n) is 9.68. The summed E-state index contributed by atoms with van der Waals surface area (Å²) in [5.41, 5.74) is 2.08. The van der Waals surface area contributed by atoms with E-state index in [0.29, 0.717) is 13.1 Å². The maximum atomic E-state index is 11.0. The van der Waals surface area contributed by atoms with Crippen LogP contribution in [0.1, 0.15) is 6.92 Å². The van der Waals surface area contributed by atoms with E-state index in [-0.39, 0.29) is 0 Å². The number of hydrogen-bond donors (Lipinski definition) is 0. The minimum atomic E-state index is 0.430. The fourth-order valence-corrected chi connectivity index (χ4v) is 2.97. The summed E-state index contributed by atoms with van der Waals surface area (Å²) in [6, 6.07) is 0. The fourth-order valence-electron chi connectivity index (χ4n) is 2.97. The van der Waals surface area contributed by atoms with Gasteiger partial charge in [-0.25, -0.2) is 0 Å². The van der Waals surface area contributed by atoms with Crippen LogP contribution in [-0.4, -0.2) is 111 Å². The maximum absolute atomic E-state index is 11.0. The quantitative estimate of drug-likeness (QED) is 0.464. The van der Waals surface area contributed by atoms with Crippen molar-refractivity contribution >= 4 is 12.6 Å². The van der Waals surface area contributed by atoms with Crippen molar-refractivity contribution in [2.75, 3.05) is 79.0 Å². The van der Waals surface area contributed by atoms with Crippen LogP contribution in [0.4, 0.5) is 0 Å². The van der Waals surface area contributed by atoms with Crippen LogP contribution in [0.3, 0.4) is 0 Å². The highest BCUT2D eigenvalue weighted by Gasteiger charge is 2.15. The maximum Gasteiger partial charge on any atom is 0.133 e. The first-order chi connectivity index (χ1) is 12.9. The van der Waals surface area contributed by atoms with Gasteiger partial charge in [-0.15, -0.1) is 0 Å². The zero-order valence-electron chi connectivity index (χ0n) is 17.1. The van der Waals surface area contributed by atoms with Gasteiger partial charge in [-0.2, -0.15) is 0 Å². The van der Waals surface area contributed by atoms with Gasteiger partial charge in [0.05, 0.1) is 13.1 Å². The summed E-state index contributed by atoms with van der Waals surface area (Å²) in [4.78, 5) is 31.0. The molecule has 1 saturated heterocycles. The van der Waals surface area contributed by atoms with Gasteiger partial charge in [0.15, 0.2) is 0 Å². The van der Waals surface area contributed by atoms with Crippen molar-refractivity contribution in [3.05, 3.63) is 36.5 Å². The molecule has 0 N–H and O–H groups in total. The van der Waals surface area contributed by atoms with Crippen molar-refractivity contribution in [2.45, 2.75) is 6.92 Å². The Hall–Kier alpha value is -1.60. The van der Waals surface area contributed by atoms with Gasteiger partial charge in [-0.05, 0) is 19.5 Å². The molecule has 0 aromatic carbocycles. The van der Waals surface area contributed by atoms with E-state index in [1.807, 2.05) is 19.1 Å². The van der Waals surface area contributed by atoms with E-state index in [1.54, 1.807) is 0 Å². The van der Waals surface area contributed by atoms with Crippen molar-refractivity contribution < 1.29 is 9.59 Å². The lowest BCUT2D eigenvalue weighted by atomic mass is 10.2. The third kappa shape index (κ3) is 11.0. The lowest BCUT2D eigenvalue weighted by molar-refractivity contribution is -0.110. The standard InChI is InChI=1S/C21H36N4O2/c1-20(2)5-6-21(3)19-25-10-8-22(4)7-9-23(15-17-26)11-12-24(13-14-25)16-18-27/h5-6,17-18H,1,3,7-16,19H2,2,4H3/b6-5-. The molecule has 6 heteroatoms. The monoisotopic (exact) mass is 376 g/mol. The Bertz CT molecular complexity index is 518. The van der Waals surface area contributed by atoms with Crippen molar-refractivity contribution in [3.63, 3.8) is 0 Å². The minimum absolute atomic E-state index is 0.430. The average molecular weight is 377 g/mol. The van der Waals surface area contributed by atoms with E-state index >= 15 is 0 Å². The summed E-state index contributed by atoms with van der Waals surface area (Å²) >= 11 is 0. The van der Waals surface area contributed by atoms with E-state index in [0.717, 1.165) is 82.6 Å². The van der Waals surface area contributed by atoms with E-state index in [9.17, 15) is 9.59 Å². The molecule has 0 aromatic heterocycles. The Morgan fingerprint density at radius 1 is 0.778 bits per heavy atom. The first-order valence-corrected chi connectivity index (χ1v) is 9.68. The number of allylic oxidation sites excluding steroid dienone is 2. The molecule has 6 nitrogen and oxygen atoms in total. The Kier molecular flexibility index (Phi) is 11.8. The van der Waals surface area contributed by atoms with Gasteiger partial charge in [-0.1, -0.05) is 30.9 Å². The smallest absolute Gasteiger partial charge is 0.133 e. The molecule has 0 amide bonds. The summed E-state index contributed by atoms with van der Waals surface area (Å²) in [6.45, 7) is 18.7. The number of hydrogen-bond acceptors (Lipinski definition) is 6. The molecule has 1 aliphatic heterocycles. The molecule has 0 saturated carbocycles. The fraction of sp³-hybridized carbons (Fsp3) is 0.619. The molecule has 1 fully saturated rings. The van der Waals surface area contributed by atoms with E-state index in [4.69, 9.17) is 0 Å². The highest BCUT2D eigenvalue weighted by Crippen LogP contribution is 2.04. The molecule has 0 radical (unpaired) electrons. The predicted molar refractivity (Wildman–Crippen MR) is 112 cm³/mol. The molecular weight excluding hydrogens is 340 g/mol. The number of carbonyl (C=O) groups excluding carboxylic acids is 2. The Morgan fingerprint density at radius 3 is 1.70 bits per heavy atom. The van der Waals surface area contributed by atoms with Crippen molar-refractivity contribution in [2.24, 2.45) is 0 Å². The second-order valence-electron chi connectivity index (χ2n) is 7.35.